The molecule has 1 N–H and O–H groups in total. The van der Waals surface area contributed by atoms with Crippen molar-refractivity contribution in [3.05, 3.63) is 59.8 Å². The van der Waals surface area contributed by atoms with E-state index in [4.69, 9.17) is 0 Å². The minimum absolute atomic E-state index is 0.292. The van der Waals surface area contributed by atoms with Gasteiger partial charge in [-0.1, -0.05) is 36.4 Å². The van der Waals surface area contributed by atoms with E-state index in [0.29, 0.717) is 11.4 Å². The number of nitrogens with one attached hydrogen (secondary N) is 1. The average molecular weight is 282 g/mol. The lowest BCUT2D eigenvalue weighted by molar-refractivity contribution is -0.134. The topological polar surface area (TPSA) is 76.1 Å². The second-order valence-electron chi connectivity index (χ2n) is 4.51. The molecule has 5 heteroatoms. The smallest absolute Gasteiger partial charge is 0.293 e. The van der Waals surface area contributed by atoms with E-state index in [1.54, 1.807) is 55.5 Å². The maximum absolute atomic E-state index is 11.8. The van der Waals surface area contributed by atoms with Crippen LogP contribution in [0.1, 0.15) is 22.5 Å². The number of Topliss-reactive ketones (excluding diaryl/α,β-unsaturated/α-hetero) is 2. The number of ketones is 2. The first kappa shape index (κ1) is 14.6. The Morgan fingerprint density at radius 3 is 2.38 bits per heavy atom. The molecule has 1 aromatic heterocycles. The highest BCUT2D eigenvalue weighted by Crippen LogP contribution is 2.06. The summed E-state index contributed by atoms with van der Waals surface area (Å²) in [5, 5.41) is 2.39. The number of aryl methyl sites for hydroxylation is 1. The van der Waals surface area contributed by atoms with Crippen molar-refractivity contribution in [1.82, 2.24) is 4.98 Å². The number of benzene rings is 1. The summed E-state index contributed by atoms with van der Waals surface area (Å²) in [6.45, 7) is 1.77. The number of rotatable bonds is 5. The normalized spacial score (nSPS) is 9.95. The predicted molar refractivity (Wildman–Crippen MR) is 78.0 cm³/mol. The van der Waals surface area contributed by atoms with Crippen molar-refractivity contribution in [2.24, 2.45) is 0 Å². The highest BCUT2D eigenvalue weighted by molar-refractivity contribution is 6.43. The third-order valence-electron chi connectivity index (χ3n) is 2.80. The van der Waals surface area contributed by atoms with E-state index >= 15 is 0 Å². The van der Waals surface area contributed by atoms with Gasteiger partial charge in [-0.15, -0.1) is 0 Å². The van der Waals surface area contributed by atoms with Crippen molar-refractivity contribution < 1.29 is 14.4 Å². The van der Waals surface area contributed by atoms with Crippen molar-refractivity contribution in [2.45, 2.75) is 13.3 Å². The minimum Gasteiger partial charge on any atom is -0.304 e. The molecule has 0 fully saturated rings. The van der Waals surface area contributed by atoms with Crippen molar-refractivity contribution in [2.75, 3.05) is 5.32 Å². The largest absolute Gasteiger partial charge is 0.304 e. The van der Waals surface area contributed by atoms with E-state index in [-0.39, 0.29) is 5.78 Å². The first-order valence-corrected chi connectivity index (χ1v) is 6.42. The number of pyridine rings is 1. The van der Waals surface area contributed by atoms with Gasteiger partial charge in [0.15, 0.2) is 5.78 Å². The Morgan fingerprint density at radius 2 is 1.71 bits per heavy atom. The molecule has 0 atom stereocenters. The summed E-state index contributed by atoms with van der Waals surface area (Å²) < 4.78 is 0. The predicted octanol–water partition coefficient (Wildman–Crippen LogP) is 2.17. The molecule has 2 rings (SSSR count). The monoisotopic (exact) mass is 282 g/mol. The maximum Gasteiger partial charge on any atom is 0.293 e. The van der Waals surface area contributed by atoms with Crippen LogP contribution in [0.3, 0.4) is 0 Å². The molecule has 1 aromatic carbocycles. The van der Waals surface area contributed by atoms with Gasteiger partial charge < -0.3 is 5.32 Å². The third-order valence-corrected chi connectivity index (χ3v) is 2.80. The van der Waals surface area contributed by atoms with Gasteiger partial charge >= 0.3 is 0 Å². The van der Waals surface area contributed by atoms with Gasteiger partial charge in [-0.25, -0.2) is 4.98 Å². The zero-order valence-electron chi connectivity index (χ0n) is 11.5. The fraction of sp³-hybridized carbons (Fsp3) is 0.125. The van der Waals surface area contributed by atoms with Gasteiger partial charge in [-0.3, -0.25) is 14.4 Å². The second kappa shape index (κ2) is 6.56. The van der Waals surface area contributed by atoms with Crippen LogP contribution in [0.15, 0.2) is 48.5 Å². The molecule has 0 aliphatic carbocycles. The van der Waals surface area contributed by atoms with Crippen LogP contribution in [-0.4, -0.2) is 22.5 Å². The summed E-state index contributed by atoms with van der Waals surface area (Å²) in [5.74, 6) is -1.71. The maximum atomic E-state index is 11.8. The Bertz CT molecular complexity index is 681. The molecule has 106 valence electrons. The van der Waals surface area contributed by atoms with Gasteiger partial charge in [0.25, 0.3) is 5.91 Å². The minimum atomic E-state index is -0.836. The van der Waals surface area contributed by atoms with Gasteiger partial charge in [-0.2, -0.15) is 0 Å². The summed E-state index contributed by atoms with van der Waals surface area (Å²) in [7, 11) is 0. The van der Waals surface area contributed by atoms with Gasteiger partial charge in [0, 0.05) is 11.3 Å². The molecule has 0 aliphatic rings. The fourth-order valence-electron chi connectivity index (χ4n) is 1.75. The number of hydrogen-bond acceptors (Lipinski definition) is 4. The van der Waals surface area contributed by atoms with Gasteiger partial charge in [-0.05, 0) is 19.1 Å². The molecule has 0 spiro atoms. The molecule has 0 bridgehead atoms. The van der Waals surface area contributed by atoms with Crippen LogP contribution in [0.25, 0.3) is 0 Å². The van der Waals surface area contributed by atoms with Crippen molar-refractivity contribution in [3.8, 4) is 0 Å². The van der Waals surface area contributed by atoms with E-state index in [1.165, 1.54) is 0 Å². The fourth-order valence-corrected chi connectivity index (χ4v) is 1.75. The number of nitrogens with zero attached hydrogens (tertiary/aromatic N) is 1. The molecule has 0 unspecified atom stereocenters. The highest BCUT2D eigenvalue weighted by atomic mass is 16.2. The van der Waals surface area contributed by atoms with Gasteiger partial charge in [0.2, 0.25) is 5.78 Å². The van der Waals surface area contributed by atoms with E-state index in [9.17, 15) is 14.4 Å². The molecular formula is C16H14N2O3. The molecule has 1 amide bonds. The molecule has 0 saturated carbocycles. The molecule has 5 nitrogen and oxygen atoms in total. The van der Waals surface area contributed by atoms with E-state index < -0.39 is 18.1 Å². The number of aromatic nitrogens is 1. The van der Waals surface area contributed by atoms with E-state index in [0.717, 1.165) is 5.69 Å². The SMILES string of the molecule is Cc1cccc(NC(=O)C(=O)CC(=O)c2ccccc2)n1. The summed E-state index contributed by atoms with van der Waals surface area (Å²) in [6.07, 6.45) is -0.457. The number of anilines is 1. The van der Waals surface area contributed by atoms with Crippen LogP contribution in [-0.2, 0) is 9.59 Å². The molecule has 0 radical (unpaired) electrons. The molecule has 2 aromatic rings. The zero-order chi connectivity index (χ0) is 15.2. The Kier molecular flexibility index (Phi) is 4.56. The highest BCUT2D eigenvalue weighted by Gasteiger charge is 2.19. The van der Waals surface area contributed by atoms with Crippen LogP contribution in [0.2, 0.25) is 0 Å². The summed E-state index contributed by atoms with van der Waals surface area (Å²) in [6, 6.07) is 13.5. The first-order valence-electron chi connectivity index (χ1n) is 6.42. The molecule has 21 heavy (non-hydrogen) atoms. The standard InChI is InChI=1S/C16H14N2O3/c1-11-6-5-9-15(17-11)18-16(21)14(20)10-13(19)12-7-3-2-4-8-12/h2-9H,10H2,1H3,(H,17,18,21). The number of amides is 1. The van der Waals surface area contributed by atoms with Crippen LogP contribution in [0.5, 0.6) is 0 Å². The van der Waals surface area contributed by atoms with Gasteiger partial charge in [0.1, 0.15) is 5.82 Å². The summed E-state index contributed by atoms with van der Waals surface area (Å²) >= 11 is 0. The van der Waals surface area contributed by atoms with E-state index in [1.807, 2.05) is 0 Å². The van der Waals surface area contributed by atoms with Crippen molar-refractivity contribution in [1.29, 1.82) is 0 Å². The van der Waals surface area contributed by atoms with Crippen LogP contribution >= 0.6 is 0 Å². The Hall–Kier alpha value is -2.82. The Morgan fingerprint density at radius 1 is 1.00 bits per heavy atom. The van der Waals surface area contributed by atoms with Crippen molar-refractivity contribution >= 4 is 23.3 Å². The lowest BCUT2D eigenvalue weighted by Gasteiger charge is -2.04. The van der Waals surface area contributed by atoms with Crippen LogP contribution in [0, 0.1) is 6.92 Å². The number of hydrogen-bond donors (Lipinski definition) is 1. The molecule has 0 aliphatic heterocycles. The summed E-state index contributed by atoms with van der Waals surface area (Å²) in [4.78, 5) is 39.4. The number of carbonyl (C=O) groups excluding carboxylic acids is 3. The average Bonchev–Trinajstić information content (AvgIpc) is 2.48. The molecular weight excluding hydrogens is 268 g/mol. The lowest BCUT2D eigenvalue weighted by atomic mass is 10.1. The molecule has 0 saturated heterocycles. The molecule has 1 heterocycles. The Labute approximate surface area is 122 Å². The summed E-state index contributed by atoms with van der Waals surface area (Å²) in [5.41, 5.74) is 1.13. The number of carbonyl (C=O) groups is 3. The Balaban J connectivity index is 1.97. The third kappa shape index (κ3) is 4.07. The van der Waals surface area contributed by atoms with E-state index in [2.05, 4.69) is 10.3 Å². The van der Waals surface area contributed by atoms with Crippen molar-refractivity contribution in [3.63, 3.8) is 0 Å². The van der Waals surface area contributed by atoms with Crippen LogP contribution in [0.4, 0.5) is 5.82 Å². The lowest BCUT2D eigenvalue weighted by Crippen LogP contribution is -2.25. The van der Waals surface area contributed by atoms with Crippen LogP contribution < -0.4 is 5.32 Å². The quantitative estimate of drug-likeness (QED) is 0.518. The zero-order valence-corrected chi connectivity index (χ0v) is 11.5. The first-order chi connectivity index (χ1) is 10.1. The second-order valence-corrected chi connectivity index (χ2v) is 4.51. The van der Waals surface area contributed by atoms with Gasteiger partial charge in [0.05, 0.1) is 6.42 Å².